The van der Waals surface area contributed by atoms with Gasteiger partial charge in [-0.15, -0.1) is 0 Å². The molecule has 0 heterocycles. The van der Waals surface area contributed by atoms with Gasteiger partial charge in [-0.2, -0.15) is 0 Å². The number of carbonyl (C=O) groups is 1. The van der Waals surface area contributed by atoms with E-state index in [9.17, 15) is 9.90 Å². The predicted octanol–water partition coefficient (Wildman–Crippen LogP) is 3.93. The van der Waals surface area contributed by atoms with Crippen LogP contribution in [0.1, 0.15) is 71.6 Å². The van der Waals surface area contributed by atoms with Gasteiger partial charge in [-0.25, -0.2) is 0 Å². The number of hydrogen-bond acceptors (Lipinski definition) is 3. The molecular weight excluding hydrogens is 288 g/mol. The van der Waals surface area contributed by atoms with E-state index in [1.807, 2.05) is 0 Å². The standard InChI is InChI=1S/C20H32O3/c1-12(21)23-19-8-7-18-17-5-3-13-11-14(22)4-6-15(13)16(17)9-10-20(18,19)2/h13-19,22H,3-11H2,1-2H3/t13-,14-,15-,16+,17+,18-,19-,20-/m0/s1. The number of carbonyl (C=O) groups excluding carboxylic acids is 1. The third-order valence-corrected chi connectivity index (χ3v) is 8.15. The van der Waals surface area contributed by atoms with Crippen molar-refractivity contribution in [1.29, 1.82) is 0 Å². The molecule has 0 aromatic heterocycles. The summed E-state index contributed by atoms with van der Waals surface area (Å²) in [6.45, 7) is 3.95. The van der Waals surface area contributed by atoms with Crippen molar-refractivity contribution in [3.63, 3.8) is 0 Å². The van der Waals surface area contributed by atoms with Gasteiger partial charge in [0.2, 0.25) is 0 Å². The molecule has 0 aliphatic heterocycles. The van der Waals surface area contributed by atoms with Crippen molar-refractivity contribution in [2.45, 2.75) is 83.8 Å². The molecule has 4 aliphatic rings. The van der Waals surface area contributed by atoms with Crippen molar-refractivity contribution < 1.29 is 14.6 Å². The van der Waals surface area contributed by atoms with Crippen LogP contribution in [0.15, 0.2) is 0 Å². The number of esters is 1. The smallest absolute Gasteiger partial charge is 0.302 e. The summed E-state index contributed by atoms with van der Waals surface area (Å²) in [6, 6.07) is 0. The second-order valence-electron chi connectivity index (χ2n) is 9.12. The van der Waals surface area contributed by atoms with Crippen LogP contribution in [0.4, 0.5) is 0 Å². The fourth-order valence-corrected chi connectivity index (χ4v) is 7.17. The Kier molecular flexibility index (Phi) is 3.98. The van der Waals surface area contributed by atoms with E-state index in [0.29, 0.717) is 0 Å². The fourth-order valence-electron chi connectivity index (χ4n) is 7.17. The van der Waals surface area contributed by atoms with Crippen LogP contribution < -0.4 is 0 Å². The van der Waals surface area contributed by atoms with Gasteiger partial charge >= 0.3 is 5.97 Å². The number of ether oxygens (including phenoxy) is 1. The first-order chi connectivity index (χ1) is 11.0. The number of aliphatic hydroxyl groups excluding tert-OH is 1. The van der Waals surface area contributed by atoms with Crippen LogP contribution in [0.5, 0.6) is 0 Å². The van der Waals surface area contributed by atoms with Crippen LogP contribution in [-0.2, 0) is 9.53 Å². The van der Waals surface area contributed by atoms with Gasteiger partial charge in [0.05, 0.1) is 6.10 Å². The van der Waals surface area contributed by atoms with Crippen molar-refractivity contribution in [1.82, 2.24) is 0 Å². The Morgan fingerprint density at radius 3 is 2.57 bits per heavy atom. The zero-order valence-electron chi connectivity index (χ0n) is 14.7. The Labute approximate surface area is 140 Å². The Bertz CT molecular complexity index is 476. The van der Waals surface area contributed by atoms with Crippen molar-refractivity contribution in [3.8, 4) is 0 Å². The molecule has 0 aromatic rings. The summed E-state index contributed by atoms with van der Waals surface area (Å²) in [4.78, 5) is 11.5. The molecule has 130 valence electrons. The minimum absolute atomic E-state index is 0.0403. The minimum atomic E-state index is -0.107. The average molecular weight is 320 g/mol. The lowest BCUT2D eigenvalue weighted by Gasteiger charge is -2.55. The highest BCUT2D eigenvalue weighted by Gasteiger charge is 2.58. The Balaban J connectivity index is 1.52. The molecule has 4 rings (SSSR count). The number of rotatable bonds is 1. The van der Waals surface area contributed by atoms with Gasteiger partial charge in [-0.05, 0) is 87.4 Å². The van der Waals surface area contributed by atoms with Gasteiger partial charge in [0.25, 0.3) is 0 Å². The molecule has 8 atom stereocenters. The molecule has 4 fully saturated rings. The molecule has 4 aliphatic carbocycles. The Hall–Kier alpha value is -0.570. The third-order valence-electron chi connectivity index (χ3n) is 8.15. The van der Waals surface area contributed by atoms with E-state index >= 15 is 0 Å². The molecular formula is C20H32O3. The lowest BCUT2D eigenvalue weighted by molar-refractivity contribution is -0.157. The second kappa shape index (κ2) is 5.75. The number of fused-ring (bicyclic) bond motifs is 5. The second-order valence-corrected chi connectivity index (χ2v) is 9.12. The van der Waals surface area contributed by atoms with Crippen LogP contribution in [0.2, 0.25) is 0 Å². The van der Waals surface area contributed by atoms with E-state index in [-0.39, 0.29) is 23.6 Å². The van der Waals surface area contributed by atoms with E-state index in [4.69, 9.17) is 4.74 Å². The van der Waals surface area contributed by atoms with Crippen molar-refractivity contribution in [3.05, 3.63) is 0 Å². The molecule has 0 aromatic carbocycles. The molecule has 3 nitrogen and oxygen atoms in total. The van der Waals surface area contributed by atoms with Gasteiger partial charge in [0, 0.05) is 12.3 Å². The van der Waals surface area contributed by atoms with E-state index in [1.165, 1.54) is 38.5 Å². The Morgan fingerprint density at radius 2 is 1.78 bits per heavy atom. The van der Waals surface area contributed by atoms with E-state index in [1.54, 1.807) is 6.92 Å². The normalized spacial score (nSPS) is 52.2. The predicted molar refractivity (Wildman–Crippen MR) is 88.7 cm³/mol. The first-order valence-corrected chi connectivity index (χ1v) is 9.84. The summed E-state index contributed by atoms with van der Waals surface area (Å²) >= 11 is 0. The highest BCUT2D eigenvalue weighted by atomic mass is 16.5. The number of aliphatic hydroxyl groups is 1. The molecule has 0 bridgehead atoms. The number of hydrogen-bond donors (Lipinski definition) is 1. The van der Waals surface area contributed by atoms with Gasteiger partial charge in [0.15, 0.2) is 0 Å². The summed E-state index contributed by atoms with van der Waals surface area (Å²) < 4.78 is 5.71. The van der Waals surface area contributed by atoms with Crippen LogP contribution in [0.25, 0.3) is 0 Å². The highest BCUT2D eigenvalue weighted by Crippen LogP contribution is 2.62. The van der Waals surface area contributed by atoms with Gasteiger partial charge < -0.3 is 9.84 Å². The Morgan fingerprint density at radius 1 is 1.00 bits per heavy atom. The van der Waals surface area contributed by atoms with Crippen LogP contribution >= 0.6 is 0 Å². The van der Waals surface area contributed by atoms with Gasteiger partial charge in [-0.3, -0.25) is 4.79 Å². The summed E-state index contributed by atoms with van der Waals surface area (Å²) in [5, 5.41) is 10.0. The minimum Gasteiger partial charge on any atom is -0.462 e. The maximum absolute atomic E-state index is 11.5. The first kappa shape index (κ1) is 15.9. The third kappa shape index (κ3) is 2.54. The highest BCUT2D eigenvalue weighted by molar-refractivity contribution is 5.66. The molecule has 0 radical (unpaired) electrons. The molecule has 23 heavy (non-hydrogen) atoms. The lowest BCUT2D eigenvalue weighted by Crippen LogP contribution is -2.50. The molecule has 0 unspecified atom stereocenters. The lowest BCUT2D eigenvalue weighted by atomic mass is 9.50. The van der Waals surface area contributed by atoms with Gasteiger partial charge in [-0.1, -0.05) is 6.92 Å². The van der Waals surface area contributed by atoms with Crippen LogP contribution in [-0.4, -0.2) is 23.3 Å². The molecule has 4 saturated carbocycles. The van der Waals surface area contributed by atoms with Crippen molar-refractivity contribution in [2.75, 3.05) is 0 Å². The van der Waals surface area contributed by atoms with Gasteiger partial charge in [0.1, 0.15) is 6.10 Å². The summed E-state index contributed by atoms with van der Waals surface area (Å²) in [7, 11) is 0. The summed E-state index contributed by atoms with van der Waals surface area (Å²) in [6.07, 6.45) is 10.9. The molecule has 3 heteroatoms. The zero-order valence-corrected chi connectivity index (χ0v) is 14.7. The van der Waals surface area contributed by atoms with E-state index in [2.05, 4.69) is 6.92 Å². The van der Waals surface area contributed by atoms with Crippen LogP contribution in [0.3, 0.4) is 0 Å². The van der Waals surface area contributed by atoms with Crippen LogP contribution in [0, 0.1) is 35.0 Å². The SMILES string of the molecule is CC(=O)O[C@H]1CC[C@H]2[C@@H]3CC[C@H]4C[C@@H](O)CC[C@@H]4[C@H]3CC[C@]12C. The topological polar surface area (TPSA) is 46.5 Å². The summed E-state index contributed by atoms with van der Waals surface area (Å²) in [5.74, 6) is 3.98. The molecule has 1 N–H and O–H groups in total. The zero-order chi connectivity index (χ0) is 16.2. The molecule has 0 amide bonds. The molecule has 0 spiro atoms. The van der Waals surface area contributed by atoms with Crippen molar-refractivity contribution >= 4 is 5.97 Å². The van der Waals surface area contributed by atoms with E-state index in [0.717, 1.165) is 48.9 Å². The quantitative estimate of drug-likeness (QED) is 0.745. The first-order valence-electron chi connectivity index (χ1n) is 9.84. The average Bonchev–Trinajstić information content (AvgIpc) is 2.83. The maximum Gasteiger partial charge on any atom is 0.302 e. The summed E-state index contributed by atoms with van der Waals surface area (Å²) in [5.41, 5.74) is 0.216. The molecule has 0 saturated heterocycles. The monoisotopic (exact) mass is 320 g/mol. The maximum atomic E-state index is 11.5. The largest absolute Gasteiger partial charge is 0.462 e. The van der Waals surface area contributed by atoms with Crippen molar-refractivity contribution in [2.24, 2.45) is 35.0 Å². The fraction of sp³-hybridized carbons (Fsp3) is 0.950. The van der Waals surface area contributed by atoms with E-state index < -0.39 is 0 Å².